The van der Waals surface area contributed by atoms with Crippen LogP contribution in [0.1, 0.15) is 0 Å². The van der Waals surface area contributed by atoms with Crippen LogP contribution in [0.5, 0.6) is 0 Å². The minimum absolute atomic E-state index is 0.0368. The molecule has 2 atom stereocenters. The lowest BCUT2D eigenvalue weighted by molar-refractivity contribution is 0.160. The fourth-order valence-electron chi connectivity index (χ4n) is 1.10. The number of hydrogen-bond donors (Lipinski definition) is 3. The Kier molecular flexibility index (Phi) is 2.67. The van der Waals surface area contributed by atoms with Crippen LogP contribution in [0.15, 0.2) is 0 Å². The third-order valence-electron chi connectivity index (χ3n) is 1.74. The normalized spacial score (nSPS) is 30.3. The van der Waals surface area contributed by atoms with E-state index in [0.29, 0.717) is 13.2 Å². The van der Waals surface area contributed by atoms with E-state index in [1.807, 2.05) is 0 Å². The molecule has 1 aliphatic heterocycles. The first-order valence-corrected chi connectivity index (χ1v) is 3.42. The van der Waals surface area contributed by atoms with E-state index in [2.05, 4.69) is 5.32 Å². The Labute approximate surface area is 64.0 Å². The van der Waals surface area contributed by atoms with E-state index in [0.717, 1.165) is 0 Å². The molecule has 0 spiro atoms. The zero-order valence-electron chi connectivity index (χ0n) is 5.99. The fraction of sp³-hybridized carbons (Fsp3) is 0.833. The van der Waals surface area contributed by atoms with Gasteiger partial charge in [0.2, 0.25) is 0 Å². The van der Waals surface area contributed by atoms with E-state index >= 15 is 0 Å². The van der Waals surface area contributed by atoms with Crippen molar-refractivity contribution in [1.82, 2.24) is 5.32 Å². The molecule has 3 N–H and O–H groups in total. The number of hydrogen-bond acceptors (Lipinski definition) is 3. The summed E-state index contributed by atoms with van der Waals surface area (Å²) in [6.07, 6.45) is -1.07. The van der Waals surface area contributed by atoms with Crippen molar-refractivity contribution in [2.75, 3.05) is 19.8 Å². The van der Waals surface area contributed by atoms with Crippen molar-refractivity contribution in [3.63, 3.8) is 0 Å². The van der Waals surface area contributed by atoms with Crippen LogP contribution in [-0.4, -0.2) is 42.2 Å². The van der Waals surface area contributed by atoms with Gasteiger partial charge < -0.3 is 20.3 Å². The van der Waals surface area contributed by atoms with Crippen LogP contribution in [-0.2, 0) is 4.74 Å². The van der Waals surface area contributed by atoms with Crippen LogP contribution in [0, 0.1) is 5.92 Å². The summed E-state index contributed by atoms with van der Waals surface area (Å²) < 4.78 is 4.98. The topological polar surface area (TPSA) is 78.8 Å². The summed E-state index contributed by atoms with van der Waals surface area (Å²) >= 11 is 0. The lowest BCUT2D eigenvalue weighted by Gasteiger charge is -2.13. The highest BCUT2D eigenvalue weighted by Crippen LogP contribution is 2.12. The lowest BCUT2D eigenvalue weighted by atomic mass is 10.1. The molecule has 1 fully saturated rings. The summed E-state index contributed by atoms with van der Waals surface area (Å²) in [7, 11) is 0. The maximum absolute atomic E-state index is 10.2. The van der Waals surface area contributed by atoms with Gasteiger partial charge in [-0.05, 0) is 0 Å². The quantitative estimate of drug-likeness (QED) is 0.498. The van der Waals surface area contributed by atoms with Gasteiger partial charge in [0, 0.05) is 5.92 Å². The highest BCUT2D eigenvalue weighted by Gasteiger charge is 2.28. The lowest BCUT2D eigenvalue weighted by Crippen LogP contribution is -2.40. The van der Waals surface area contributed by atoms with Crippen molar-refractivity contribution in [3.8, 4) is 0 Å². The number of ether oxygens (including phenoxy) is 1. The van der Waals surface area contributed by atoms with Crippen LogP contribution in [0.4, 0.5) is 4.79 Å². The van der Waals surface area contributed by atoms with Crippen LogP contribution in [0.3, 0.4) is 0 Å². The predicted octanol–water partition coefficient (Wildman–Crippen LogP) is -0.739. The second-order valence-corrected chi connectivity index (χ2v) is 2.54. The molecule has 1 rings (SSSR count). The molecular formula is C6H11NO4. The minimum atomic E-state index is -1.07. The first-order valence-electron chi connectivity index (χ1n) is 3.42. The van der Waals surface area contributed by atoms with Crippen molar-refractivity contribution in [2.45, 2.75) is 6.04 Å². The average molecular weight is 161 g/mol. The molecule has 0 bridgehead atoms. The van der Waals surface area contributed by atoms with E-state index in [-0.39, 0.29) is 18.6 Å². The summed E-state index contributed by atoms with van der Waals surface area (Å²) in [6, 6.07) is -0.252. The van der Waals surface area contributed by atoms with E-state index in [1.54, 1.807) is 0 Å². The van der Waals surface area contributed by atoms with Crippen molar-refractivity contribution < 1.29 is 19.7 Å². The Morgan fingerprint density at radius 2 is 2.36 bits per heavy atom. The Bertz CT molecular complexity index is 150. The van der Waals surface area contributed by atoms with Gasteiger partial charge in [0.25, 0.3) is 0 Å². The van der Waals surface area contributed by atoms with Crippen LogP contribution < -0.4 is 5.32 Å². The van der Waals surface area contributed by atoms with Gasteiger partial charge in [-0.25, -0.2) is 4.79 Å². The van der Waals surface area contributed by atoms with E-state index in [9.17, 15) is 4.79 Å². The maximum atomic E-state index is 10.2. The smallest absolute Gasteiger partial charge is 0.404 e. The van der Waals surface area contributed by atoms with Gasteiger partial charge in [-0.3, -0.25) is 0 Å². The molecular weight excluding hydrogens is 150 g/mol. The SMILES string of the molecule is O=C(O)NC1COCC1CO. The number of nitrogens with one attached hydrogen (secondary N) is 1. The molecule has 1 amide bonds. The van der Waals surface area contributed by atoms with Crippen molar-refractivity contribution in [1.29, 1.82) is 0 Å². The van der Waals surface area contributed by atoms with Gasteiger partial charge in [-0.1, -0.05) is 0 Å². The molecule has 5 heteroatoms. The van der Waals surface area contributed by atoms with Gasteiger partial charge in [0.05, 0.1) is 25.9 Å². The molecule has 0 aromatic heterocycles. The Balaban J connectivity index is 2.37. The van der Waals surface area contributed by atoms with E-state index in [1.165, 1.54) is 0 Å². The van der Waals surface area contributed by atoms with Crippen molar-refractivity contribution >= 4 is 6.09 Å². The monoisotopic (exact) mass is 161 g/mol. The molecule has 1 heterocycles. The molecule has 0 radical (unpaired) electrons. The molecule has 0 aromatic carbocycles. The Morgan fingerprint density at radius 3 is 2.91 bits per heavy atom. The van der Waals surface area contributed by atoms with Gasteiger partial charge in [-0.2, -0.15) is 0 Å². The summed E-state index contributed by atoms with van der Waals surface area (Å²) in [5.41, 5.74) is 0. The summed E-state index contributed by atoms with van der Waals surface area (Å²) in [5, 5.41) is 19.3. The average Bonchev–Trinajstić information content (AvgIpc) is 2.34. The molecule has 0 saturated carbocycles. The van der Waals surface area contributed by atoms with Gasteiger partial charge in [0.15, 0.2) is 0 Å². The summed E-state index contributed by atoms with van der Waals surface area (Å²) in [5.74, 6) is -0.0916. The second kappa shape index (κ2) is 3.54. The third-order valence-corrected chi connectivity index (χ3v) is 1.74. The molecule has 64 valence electrons. The largest absolute Gasteiger partial charge is 0.465 e. The van der Waals surface area contributed by atoms with Crippen LogP contribution in [0.25, 0.3) is 0 Å². The third kappa shape index (κ3) is 2.06. The minimum Gasteiger partial charge on any atom is -0.465 e. The van der Waals surface area contributed by atoms with Gasteiger partial charge in [0.1, 0.15) is 0 Å². The highest BCUT2D eigenvalue weighted by atomic mass is 16.5. The molecule has 0 aromatic rings. The van der Waals surface area contributed by atoms with Gasteiger partial charge in [-0.15, -0.1) is 0 Å². The number of rotatable bonds is 2. The summed E-state index contributed by atoms with van der Waals surface area (Å²) in [4.78, 5) is 10.2. The zero-order valence-corrected chi connectivity index (χ0v) is 5.99. The fourth-order valence-corrected chi connectivity index (χ4v) is 1.10. The van der Waals surface area contributed by atoms with Gasteiger partial charge >= 0.3 is 6.09 Å². The van der Waals surface area contributed by atoms with Crippen LogP contribution >= 0.6 is 0 Å². The number of carbonyl (C=O) groups is 1. The molecule has 11 heavy (non-hydrogen) atoms. The number of aliphatic hydroxyl groups is 1. The maximum Gasteiger partial charge on any atom is 0.404 e. The predicted molar refractivity (Wildman–Crippen MR) is 36.3 cm³/mol. The standard InChI is InChI=1S/C6H11NO4/c8-1-4-2-11-3-5(4)7-6(9)10/h4-5,7-8H,1-3H2,(H,9,10). The van der Waals surface area contributed by atoms with Crippen molar-refractivity contribution in [3.05, 3.63) is 0 Å². The Hall–Kier alpha value is -0.810. The Morgan fingerprint density at radius 1 is 1.64 bits per heavy atom. The zero-order chi connectivity index (χ0) is 8.27. The highest BCUT2D eigenvalue weighted by molar-refractivity contribution is 5.64. The van der Waals surface area contributed by atoms with E-state index in [4.69, 9.17) is 14.9 Å². The molecule has 1 aliphatic rings. The molecule has 5 nitrogen and oxygen atoms in total. The summed E-state index contributed by atoms with van der Waals surface area (Å²) in [6.45, 7) is 0.754. The molecule has 0 aliphatic carbocycles. The molecule has 2 unspecified atom stereocenters. The number of aliphatic hydroxyl groups excluding tert-OH is 1. The first kappa shape index (κ1) is 8.29. The van der Waals surface area contributed by atoms with Crippen molar-refractivity contribution in [2.24, 2.45) is 5.92 Å². The van der Waals surface area contributed by atoms with E-state index < -0.39 is 6.09 Å². The second-order valence-electron chi connectivity index (χ2n) is 2.54. The van der Waals surface area contributed by atoms with Crippen LogP contribution in [0.2, 0.25) is 0 Å². The number of amides is 1. The number of carboxylic acid groups (broad SMARTS) is 1. The first-order chi connectivity index (χ1) is 5.24. The molecule has 1 saturated heterocycles.